The number of hydrogen-bond donors (Lipinski definition) is 1. The molecule has 0 amide bonds. The van der Waals surface area contributed by atoms with E-state index in [1.54, 1.807) is 48.5 Å². The monoisotopic (exact) mass is 427 g/mol. The molecule has 0 radical (unpaired) electrons. The molecule has 1 heterocycles. The maximum absolute atomic E-state index is 12.8. The largest absolute Gasteiger partial charge is 0.495 e. The van der Waals surface area contributed by atoms with Gasteiger partial charge in [-0.05, 0) is 48.7 Å². The zero-order chi connectivity index (χ0) is 21.7. The van der Waals surface area contributed by atoms with Crippen molar-refractivity contribution in [2.45, 2.75) is 25.7 Å². The first-order valence-corrected chi connectivity index (χ1v) is 11.0. The summed E-state index contributed by atoms with van der Waals surface area (Å²) < 4.78 is 38.9. The van der Waals surface area contributed by atoms with E-state index in [2.05, 4.69) is 28.8 Å². The number of rotatable bonds is 8. The average Bonchev–Trinajstić information content (AvgIpc) is 2.73. The predicted molar refractivity (Wildman–Crippen MR) is 116 cm³/mol. The van der Waals surface area contributed by atoms with E-state index >= 15 is 0 Å². The summed E-state index contributed by atoms with van der Waals surface area (Å²) in [5.41, 5.74) is 2.74. The van der Waals surface area contributed by atoms with E-state index in [1.807, 2.05) is 13.0 Å². The lowest BCUT2D eigenvalue weighted by atomic mass is 10.1. The molecule has 1 N–H and O–H groups in total. The third-order valence-electron chi connectivity index (χ3n) is 4.25. The SMILES string of the molecule is COc1ccc(C)cc1S(=O)(=O)Nc1ccc(-c2ccc(OCC(C)C)nn2)cc1. The highest BCUT2D eigenvalue weighted by Crippen LogP contribution is 2.27. The summed E-state index contributed by atoms with van der Waals surface area (Å²) in [6.45, 7) is 6.53. The molecule has 3 rings (SSSR count). The number of nitrogens with one attached hydrogen (secondary N) is 1. The number of methoxy groups -OCH3 is 1. The van der Waals surface area contributed by atoms with E-state index in [4.69, 9.17) is 9.47 Å². The fourth-order valence-corrected chi connectivity index (χ4v) is 4.03. The maximum Gasteiger partial charge on any atom is 0.265 e. The van der Waals surface area contributed by atoms with Gasteiger partial charge in [-0.25, -0.2) is 8.42 Å². The maximum atomic E-state index is 12.8. The summed E-state index contributed by atoms with van der Waals surface area (Å²) in [6, 6.07) is 15.5. The highest BCUT2D eigenvalue weighted by Gasteiger charge is 2.20. The van der Waals surface area contributed by atoms with Crippen LogP contribution in [0.2, 0.25) is 0 Å². The van der Waals surface area contributed by atoms with E-state index in [-0.39, 0.29) is 4.90 Å². The Hall–Kier alpha value is -3.13. The van der Waals surface area contributed by atoms with Crippen LogP contribution in [0.3, 0.4) is 0 Å². The summed E-state index contributed by atoms with van der Waals surface area (Å²) in [6.07, 6.45) is 0. The molecule has 3 aromatic rings. The van der Waals surface area contributed by atoms with E-state index < -0.39 is 10.0 Å². The quantitative estimate of drug-likeness (QED) is 0.577. The van der Waals surface area contributed by atoms with Crippen molar-refractivity contribution in [2.75, 3.05) is 18.4 Å². The molecule has 0 unspecified atom stereocenters. The Morgan fingerprint density at radius 3 is 2.33 bits per heavy atom. The van der Waals surface area contributed by atoms with E-state index in [0.717, 1.165) is 11.1 Å². The summed E-state index contributed by atoms with van der Waals surface area (Å²) in [5.74, 6) is 1.17. The van der Waals surface area contributed by atoms with Gasteiger partial charge in [0.25, 0.3) is 10.0 Å². The fraction of sp³-hybridized carbons (Fsp3) is 0.273. The van der Waals surface area contributed by atoms with Crippen molar-refractivity contribution in [3.63, 3.8) is 0 Å². The molecule has 30 heavy (non-hydrogen) atoms. The van der Waals surface area contributed by atoms with Crippen LogP contribution < -0.4 is 14.2 Å². The van der Waals surface area contributed by atoms with Gasteiger partial charge in [0.15, 0.2) is 0 Å². The molecular formula is C22H25N3O4S. The van der Waals surface area contributed by atoms with Crippen LogP contribution >= 0.6 is 0 Å². The number of sulfonamides is 1. The van der Waals surface area contributed by atoms with Gasteiger partial charge in [-0.1, -0.05) is 32.0 Å². The second-order valence-corrected chi connectivity index (χ2v) is 8.95. The van der Waals surface area contributed by atoms with Crippen molar-refractivity contribution >= 4 is 15.7 Å². The van der Waals surface area contributed by atoms with Crippen LogP contribution in [0, 0.1) is 12.8 Å². The average molecular weight is 428 g/mol. The van der Waals surface area contributed by atoms with Gasteiger partial charge in [-0.3, -0.25) is 4.72 Å². The second kappa shape index (κ2) is 9.13. The Morgan fingerprint density at radius 2 is 1.73 bits per heavy atom. The van der Waals surface area contributed by atoms with Crippen LogP contribution in [-0.4, -0.2) is 32.3 Å². The zero-order valence-electron chi connectivity index (χ0n) is 17.4. The first-order valence-electron chi connectivity index (χ1n) is 9.53. The fourth-order valence-electron chi connectivity index (χ4n) is 2.72. The number of hydrogen-bond acceptors (Lipinski definition) is 6. The van der Waals surface area contributed by atoms with Crippen molar-refractivity contribution in [3.05, 3.63) is 60.2 Å². The molecule has 1 aromatic heterocycles. The Bertz CT molecular complexity index is 1100. The van der Waals surface area contributed by atoms with Crippen molar-refractivity contribution in [3.8, 4) is 22.9 Å². The van der Waals surface area contributed by atoms with Crippen molar-refractivity contribution in [1.82, 2.24) is 10.2 Å². The molecular weight excluding hydrogens is 402 g/mol. The van der Waals surface area contributed by atoms with Gasteiger partial charge in [0.2, 0.25) is 5.88 Å². The molecule has 0 spiro atoms. The van der Waals surface area contributed by atoms with Crippen LogP contribution in [0.25, 0.3) is 11.3 Å². The number of aromatic nitrogens is 2. The third-order valence-corrected chi connectivity index (χ3v) is 5.65. The summed E-state index contributed by atoms with van der Waals surface area (Å²) in [7, 11) is -2.35. The Morgan fingerprint density at radius 1 is 1.00 bits per heavy atom. The minimum Gasteiger partial charge on any atom is -0.495 e. The van der Waals surface area contributed by atoms with Gasteiger partial charge in [0.1, 0.15) is 10.6 Å². The van der Waals surface area contributed by atoms with E-state index in [9.17, 15) is 8.42 Å². The molecule has 158 valence electrons. The summed E-state index contributed by atoms with van der Waals surface area (Å²) >= 11 is 0. The summed E-state index contributed by atoms with van der Waals surface area (Å²) in [5, 5.41) is 8.26. The number of aryl methyl sites for hydroxylation is 1. The molecule has 0 saturated heterocycles. The molecule has 0 fully saturated rings. The lowest BCUT2D eigenvalue weighted by Crippen LogP contribution is -2.14. The first kappa shape index (κ1) is 21.6. The highest BCUT2D eigenvalue weighted by atomic mass is 32.2. The minimum atomic E-state index is -3.79. The first-order chi connectivity index (χ1) is 14.3. The van der Waals surface area contributed by atoms with Gasteiger partial charge in [0.05, 0.1) is 19.4 Å². The molecule has 7 nitrogen and oxygen atoms in total. The van der Waals surface area contributed by atoms with Gasteiger partial charge in [-0.2, -0.15) is 0 Å². The molecule has 0 saturated carbocycles. The van der Waals surface area contributed by atoms with E-state index in [1.165, 1.54) is 7.11 Å². The van der Waals surface area contributed by atoms with Crippen LogP contribution in [0.15, 0.2) is 59.5 Å². The lowest BCUT2D eigenvalue weighted by molar-refractivity contribution is 0.258. The van der Waals surface area contributed by atoms with Crippen molar-refractivity contribution in [1.29, 1.82) is 0 Å². The molecule has 0 aliphatic carbocycles. The van der Waals surface area contributed by atoms with Gasteiger partial charge < -0.3 is 9.47 Å². The predicted octanol–water partition coefficient (Wildman–Crippen LogP) is 4.30. The number of nitrogens with zero attached hydrogens (tertiary/aromatic N) is 2. The zero-order valence-corrected chi connectivity index (χ0v) is 18.2. The van der Waals surface area contributed by atoms with Gasteiger partial charge >= 0.3 is 0 Å². The van der Waals surface area contributed by atoms with Crippen LogP contribution in [0.5, 0.6) is 11.6 Å². The van der Waals surface area contributed by atoms with Crippen molar-refractivity contribution < 1.29 is 17.9 Å². The highest BCUT2D eigenvalue weighted by molar-refractivity contribution is 7.92. The minimum absolute atomic E-state index is 0.0944. The lowest BCUT2D eigenvalue weighted by Gasteiger charge is -2.12. The molecule has 0 bridgehead atoms. The smallest absolute Gasteiger partial charge is 0.265 e. The molecule has 0 aliphatic heterocycles. The van der Waals surface area contributed by atoms with Gasteiger partial charge in [-0.15, -0.1) is 10.2 Å². The van der Waals surface area contributed by atoms with Crippen LogP contribution in [-0.2, 0) is 10.0 Å². The Kier molecular flexibility index (Phi) is 6.56. The summed E-state index contributed by atoms with van der Waals surface area (Å²) in [4.78, 5) is 0.0944. The Balaban J connectivity index is 1.75. The van der Waals surface area contributed by atoms with Crippen molar-refractivity contribution in [2.24, 2.45) is 5.92 Å². The van der Waals surface area contributed by atoms with Crippen LogP contribution in [0.4, 0.5) is 5.69 Å². The van der Waals surface area contributed by atoms with Gasteiger partial charge in [0, 0.05) is 17.3 Å². The molecule has 8 heteroatoms. The second-order valence-electron chi connectivity index (χ2n) is 7.30. The molecule has 0 atom stereocenters. The Labute approximate surface area is 177 Å². The standard InChI is InChI=1S/C22H25N3O4S/c1-15(2)14-29-22-12-10-19(23-24-22)17-6-8-18(9-7-17)25-30(26,27)21-13-16(3)5-11-20(21)28-4/h5-13,15,25H,14H2,1-4H3. The normalized spacial score (nSPS) is 11.4. The number of benzene rings is 2. The van der Waals surface area contributed by atoms with Crippen LogP contribution in [0.1, 0.15) is 19.4 Å². The third kappa shape index (κ3) is 5.27. The van der Waals surface area contributed by atoms with E-state index in [0.29, 0.717) is 35.5 Å². The molecule has 0 aliphatic rings. The molecule has 2 aromatic carbocycles. The topological polar surface area (TPSA) is 90.4 Å². The number of ether oxygens (including phenoxy) is 2. The number of anilines is 1.